The number of carbonyl (C=O) groups excluding carboxylic acids is 2. The molecular formula is C19H18N4O3. The minimum atomic E-state index is -0.387. The zero-order valence-electron chi connectivity index (χ0n) is 14.2. The highest BCUT2D eigenvalue weighted by Crippen LogP contribution is 2.28. The normalized spacial score (nSPS) is 16.9. The van der Waals surface area contributed by atoms with Gasteiger partial charge in [0.15, 0.2) is 0 Å². The van der Waals surface area contributed by atoms with Crippen LogP contribution in [-0.4, -0.2) is 35.7 Å². The average molecular weight is 350 g/mol. The number of anilines is 2. The van der Waals surface area contributed by atoms with Crippen LogP contribution in [0.3, 0.4) is 0 Å². The minimum absolute atomic E-state index is 0.0562. The number of nitrogens with one attached hydrogen (secondary N) is 2. The molecule has 1 atom stereocenters. The molecule has 0 radical (unpaired) electrons. The molecule has 1 aliphatic rings. The molecule has 0 aliphatic carbocycles. The van der Waals surface area contributed by atoms with E-state index >= 15 is 0 Å². The van der Waals surface area contributed by atoms with Crippen molar-refractivity contribution in [3.8, 4) is 5.75 Å². The molecule has 1 fully saturated rings. The van der Waals surface area contributed by atoms with Gasteiger partial charge in [0.2, 0.25) is 11.8 Å². The largest absolute Gasteiger partial charge is 0.497 e. The number of fused-ring (bicyclic) bond motifs is 1. The Balaban J connectivity index is 1.45. The molecule has 2 amide bonds. The molecule has 0 spiro atoms. The van der Waals surface area contributed by atoms with Crippen LogP contribution in [0.25, 0.3) is 10.9 Å². The number of hydrogen-bond donors (Lipinski definition) is 2. The Hall–Kier alpha value is -3.35. The van der Waals surface area contributed by atoms with Gasteiger partial charge in [0.05, 0.1) is 24.7 Å². The van der Waals surface area contributed by atoms with E-state index < -0.39 is 0 Å². The summed E-state index contributed by atoms with van der Waals surface area (Å²) in [7, 11) is 1.59. The lowest BCUT2D eigenvalue weighted by Crippen LogP contribution is -2.28. The van der Waals surface area contributed by atoms with Crippen LogP contribution in [0.15, 0.2) is 48.7 Å². The molecule has 7 nitrogen and oxygen atoms in total. The maximum absolute atomic E-state index is 12.6. The SMILES string of the molecule is COc1ccc(N2C[C@H](C(=O)Nc3ccc4cn[nH]c4c3)CC2=O)cc1. The Bertz CT molecular complexity index is 964. The monoisotopic (exact) mass is 350 g/mol. The Morgan fingerprint density at radius 3 is 2.85 bits per heavy atom. The van der Waals surface area contributed by atoms with Gasteiger partial charge in [0.25, 0.3) is 0 Å². The number of aromatic amines is 1. The van der Waals surface area contributed by atoms with Crippen LogP contribution in [0.4, 0.5) is 11.4 Å². The number of amides is 2. The standard InChI is InChI=1S/C19H18N4O3/c1-26-16-6-4-15(5-7-16)23-11-13(8-18(23)24)19(25)21-14-3-2-12-10-20-22-17(12)9-14/h2-7,9-10,13H,8,11H2,1H3,(H,20,22)(H,21,25)/t13-/m1/s1. The van der Waals surface area contributed by atoms with Crippen molar-refractivity contribution in [2.24, 2.45) is 5.92 Å². The number of nitrogens with zero attached hydrogens (tertiary/aromatic N) is 2. The first-order valence-corrected chi connectivity index (χ1v) is 8.32. The third kappa shape index (κ3) is 2.99. The Morgan fingerprint density at radius 2 is 2.08 bits per heavy atom. The summed E-state index contributed by atoms with van der Waals surface area (Å²) in [4.78, 5) is 26.6. The summed E-state index contributed by atoms with van der Waals surface area (Å²) in [5, 5.41) is 10.7. The molecule has 1 aliphatic heterocycles. The van der Waals surface area contributed by atoms with E-state index in [1.807, 2.05) is 30.3 Å². The van der Waals surface area contributed by atoms with E-state index in [1.165, 1.54) is 0 Å². The summed E-state index contributed by atoms with van der Waals surface area (Å²) < 4.78 is 5.13. The first kappa shape index (κ1) is 16.1. The van der Waals surface area contributed by atoms with Crippen LogP contribution in [-0.2, 0) is 9.59 Å². The van der Waals surface area contributed by atoms with Crippen LogP contribution < -0.4 is 15.0 Å². The molecular weight excluding hydrogens is 332 g/mol. The van der Waals surface area contributed by atoms with Crippen molar-refractivity contribution in [2.75, 3.05) is 23.9 Å². The number of methoxy groups -OCH3 is 1. The zero-order chi connectivity index (χ0) is 18.1. The third-order valence-corrected chi connectivity index (χ3v) is 4.59. The number of aromatic nitrogens is 2. The molecule has 1 aromatic heterocycles. The quantitative estimate of drug-likeness (QED) is 0.757. The maximum atomic E-state index is 12.6. The highest BCUT2D eigenvalue weighted by atomic mass is 16.5. The average Bonchev–Trinajstić information content (AvgIpc) is 3.28. The van der Waals surface area contributed by atoms with E-state index in [-0.39, 0.29) is 24.2 Å². The van der Waals surface area contributed by atoms with Gasteiger partial charge in [0, 0.05) is 29.7 Å². The lowest BCUT2D eigenvalue weighted by molar-refractivity contribution is -0.122. The highest BCUT2D eigenvalue weighted by molar-refractivity contribution is 6.04. The van der Waals surface area contributed by atoms with Crippen LogP contribution in [0.1, 0.15) is 6.42 Å². The predicted molar refractivity (Wildman–Crippen MR) is 98.2 cm³/mol. The Kier molecular flexibility index (Phi) is 4.04. The van der Waals surface area contributed by atoms with E-state index in [1.54, 1.807) is 30.3 Å². The van der Waals surface area contributed by atoms with Crippen molar-refractivity contribution < 1.29 is 14.3 Å². The molecule has 0 unspecified atom stereocenters. The van der Waals surface area contributed by atoms with Gasteiger partial charge in [0.1, 0.15) is 5.75 Å². The second-order valence-corrected chi connectivity index (χ2v) is 6.26. The molecule has 3 aromatic rings. The first-order chi connectivity index (χ1) is 12.6. The molecule has 0 bridgehead atoms. The van der Waals surface area contributed by atoms with E-state index in [0.717, 1.165) is 22.3 Å². The Morgan fingerprint density at radius 1 is 1.27 bits per heavy atom. The van der Waals surface area contributed by atoms with E-state index in [0.29, 0.717) is 12.2 Å². The number of ether oxygens (including phenoxy) is 1. The van der Waals surface area contributed by atoms with Crippen LogP contribution in [0.2, 0.25) is 0 Å². The smallest absolute Gasteiger partial charge is 0.229 e. The summed E-state index contributed by atoms with van der Waals surface area (Å²) in [5.41, 5.74) is 2.30. The number of rotatable bonds is 4. The van der Waals surface area contributed by atoms with Gasteiger partial charge in [-0.1, -0.05) is 0 Å². The van der Waals surface area contributed by atoms with Crippen LogP contribution >= 0.6 is 0 Å². The maximum Gasteiger partial charge on any atom is 0.229 e. The number of H-pyrrole nitrogens is 1. The molecule has 132 valence electrons. The highest BCUT2D eigenvalue weighted by Gasteiger charge is 2.35. The topological polar surface area (TPSA) is 87.3 Å². The lowest BCUT2D eigenvalue weighted by atomic mass is 10.1. The van der Waals surface area contributed by atoms with E-state index in [4.69, 9.17) is 4.74 Å². The fourth-order valence-corrected chi connectivity index (χ4v) is 3.15. The van der Waals surface area contributed by atoms with E-state index in [9.17, 15) is 9.59 Å². The van der Waals surface area contributed by atoms with Gasteiger partial charge < -0.3 is 15.0 Å². The first-order valence-electron chi connectivity index (χ1n) is 8.32. The fourth-order valence-electron chi connectivity index (χ4n) is 3.15. The fraction of sp³-hybridized carbons (Fsp3) is 0.211. The summed E-state index contributed by atoms with van der Waals surface area (Å²) in [6.45, 7) is 0.364. The molecule has 2 aromatic carbocycles. The van der Waals surface area contributed by atoms with Gasteiger partial charge >= 0.3 is 0 Å². The summed E-state index contributed by atoms with van der Waals surface area (Å²) in [6.07, 6.45) is 1.92. The molecule has 26 heavy (non-hydrogen) atoms. The minimum Gasteiger partial charge on any atom is -0.497 e. The second kappa shape index (κ2) is 6.51. The van der Waals surface area contributed by atoms with E-state index in [2.05, 4.69) is 15.5 Å². The van der Waals surface area contributed by atoms with Gasteiger partial charge in [-0.05, 0) is 42.5 Å². The summed E-state index contributed by atoms with van der Waals surface area (Å²) in [6, 6.07) is 12.8. The second-order valence-electron chi connectivity index (χ2n) is 6.26. The van der Waals surface area contributed by atoms with Crippen molar-refractivity contribution >= 4 is 34.1 Å². The molecule has 2 N–H and O–H groups in total. The van der Waals surface area contributed by atoms with Crippen molar-refractivity contribution in [1.82, 2.24) is 10.2 Å². The summed E-state index contributed by atoms with van der Waals surface area (Å²) >= 11 is 0. The zero-order valence-corrected chi connectivity index (χ0v) is 14.2. The summed E-state index contributed by atoms with van der Waals surface area (Å²) in [5.74, 6) is 0.124. The number of benzene rings is 2. The van der Waals surface area contributed by atoms with Gasteiger partial charge in [-0.2, -0.15) is 5.10 Å². The molecule has 0 saturated carbocycles. The molecule has 7 heteroatoms. The van der Waals surface area contributed by atoms with Gasteiger partial charge in [-0.25, -0.2) is 0 Å². The van der Waals surface area contributed by atoms with Crippen molar-refractivity contribution in [3.63, 3.8) is 0 Å². The predicted octanol–water partition coefficient (Wildman–Crippen LogP) is 2.56. The van der Waals surface area contributed by atoms with Crippen molar-refractivity contribution in [1.29, 1.82) is 0 Å². The lowest BCUT2D eigenvalue weighted by Gasteiger charge is -2.17. The Labute approximate surface area is 149 Å². The molecule has 2 heterocycles. The van der Waals surface area contributed by atoms with Crippen LogP contribution in [0.5, 0.6) is 5.75 Å². The number of carbonyl (C=O) groups is 2. The molecule has 4 rings (SSSR count). The number of hydrogen-bond acceptors (Lipinski definition) is 4. The third-order valence-electron chi connectivity index (χ3n) is 4.59. The molecule has 1 saturated heterocycles. The van der Waals surface area contributed by atoms with Crippen molar-refractivity contribution in [2.45, 2.75) is 6.42 Å². The van der Waals surface area contributed by atoms with Gasteiger partial charge in [-0.15, -0.1) is 0 Å². The van der Waals surface area contributed by atoms with Gasteiger partial charge in [-0.3, -0.25) is 14.7 Å². The van der Waals surface area contributed by atoms with Crippen molar-refractivity contribution in [3.05, 3.63) is 48.7 Å². The van der Waals surface area contributed by atoms with Crippen LogP contribution in [0, 0.1) is 5.92 Å².